The lowest BCUT2D eigenvalue weighted by Crippen LogP contribution is -2.29. The molecule has 0 N–H and O–H groups in total. The van der Waals surface area contributed by atoms with E-state index in [1.165, 1.54) is 41.1 Å². The van der Waals surface area contributed by atoms with Gasteiger partial charge in [-0.25, -0.2) is 0 Å². The molecule has 1 fully saturated rings. The molecule has 130 valence electrons. The smallest absolute Gasteiger partial charge is 0.171 e. The van der Waals surface area contributed by atoms with Crippen molar-refractivity contribution < 1.29 is 4.79 Å². The van der Waals surface area contributed by atoms with Gasteiger partial charge in [0.25, 0.3) is 0 Å². The molecule has 0 amide bonds. The molecule has 0 unspecified atom stereocenters. The molecule has 3 aromatic rings. The van der Waals surface area contributed by atoms with Crippen LogP contribution in [0.5, 0.6) is 0 Å². The summed E-state index contributed by atoms with van der Waals surface area (Å²) in [6.07, 6.45) is 4.19. The Bertz CT molecular complexity index is 1070. The van der Waals surface area contributed by atoms with Crippen molar-refractivity contribution in [2.75, 3.05) is 18.0 Å². The Balaban J connectivity index is 1.87. The van der Waals surface area contributed by atoms with Crippen molar-refractivity contribution >= 4 is 44.4 Å². The number of fused-ring (bicyclic) bond motifs is 4. The highest BCUT2D eigenvalue weighted by atomic mass is 16.1. The second-order valence-electron chi connectivity index (χ2n) is 7.53. The molecule has 0 atom stereocenters. The van der Waals surface area contributed by atoms with E-state index in [0.29, 0.717) is 6.42 Å². The van der Waals surface area contributed by atoms with Crippen molar-refractivity contribution in [1.29, 1.82) is 0 Å². The highest BCUT2D eigenvalue weighted by Crippen LogP contribution is 2.41. The SMILES string of the molecule is CC1=Nc2cc(N3CCCCC3)c3cc4ccccc4cc3c2C(=O)C1. The molecule has 26 heavy (non-hydrogen) atoms. The van der Waals surface area contributed by atoms with Gasteiger partial charge < -0.3 is 4.90 Å². The van der Waals surface area contributed by atoms with Crippen LogP contribution in [0.2, 0.25) is 0 Å². The average molecular weight is 342 g/mol. The Hall–Kier alpha value is -2.68. The zero-order valence-electron chi connectivity index (χ0n) is 15.1. The van der Waals surface area contributed by atoms with Gasteiger partial charge in [0, 0.05) is 36.3 Å². The van der Waals surface area contributed by atoms with E-state index in [0.717, 1.165) is 35.4 Å². The van der Waals surface area contributed by atoms with Crippen molar-refractivity contribution in [3.63, 3.8) is 0 Å². The van der Waals surface area contributed by atoms with Crippen LogP contribution in [0.4, 0.5) is 11.4 Å². The van der Waals surface area contributed by atoms with E-state index in [-0.39, 0.29) is 5.78 Å². The number of rotatable bonds is 1. The molecule has 0 radical (unpaired) electrons. The summed E-state index contributed by atoms with van der Waals surface area (Å²) >= 11 is 0. The number of anilines is 1. The third-order valence-corrected chi connectivity index (χ3v) is 5.66. The number of aliphatic imine (C=N–C) groups is 1. The lowest BCUT2D eigenvalue weighted by Gasteiger charge is -2.31. The lowest BCUT2D eigenvalue weighted by atomic mass is 9.91. The fraction of sp³-hybridized carbons (Fsp3) is 0.304. The molecular weight excluding hydrogens is 320 g/mol. The molecule has 2 heterocycles. The van der Waals surface area contributed by atoms with Crippen molar-refractivity contribution in [1.82, 2.24) is 0 Å². The van der Waals surface area contributed by atoms with E-state index < -0.39 is 0 Å². The first-order valence-electron chi connectivity index (χ1n) is 9.52. The molecule has 0 spiro atoms. The number of Topliss-reactive ketones (excluding diaryl/α,β-unsaturated/α-hetero) is 1. The molecule has 0 aromatic heterocycles. The summed E-state index contributed by atoms with van der Waals surface area (Å²) in [5, 5.41) is 4.65. The third-order valence-electron chi connectivity index (χ3n) is 5.66. The van der Waals surface area contributed by atoms with Crippen LogP contribution < -0.4 is 4.90 Å². The molecule has 2 aliphatic rings. The zero-order valence-corrected chi connectivity index (χ0v) is 15.1. The standard InChI is InChI=1S/C23H22N2O/c1-15-11-22(26)23-19-13-17-8-4-3-7-16(17)12-18(19)21(14-20(23)24-15)25-9-5-2-6-10-25/h3-4,7-8,12-14H,2,5-6,9-11H2,1H3. The van der Waals surface area contributed by atoms with Gasteiger partial charge in [0.05, 0.1) is 11.3 Å². The number of benzene rings is 3. The Labute approximate surface area is 153 Å². The number of carbonyl (C=O) groups excluding carboxylic acids is 1. The van der Waals surface area contributed by atoms with Crippen LogP contribution in [0.25, 0.3) is 21.5 Å². The van der Waals surface area contributed by atoms with E-state index >= 15 is 0 Å². The monoisotopic (exact) mass is 342 g/mol. The first kappa shape index (κ1) is 15.6. The minimum absolute atomic E-state index is 0.193. The van der Waals surface area contributed by atoms with Crippen LogP contribution >= 0.6 is 0 Å². The predicted molar refractivity (Wildman–Crippen MR) is 109 cm³/mol. The molecule has 5 rings (SSSR count). The maximum atomic E-state index is 12.8. The minimum atomic E-state index is 0.193. The summed E-state index contributed by atoms with van der Waals surface area (Å²) in [6.45, 7) is 4.11. The zero-order chi connectivity index (χ0) is 17.7. The molecule has 0 aliphatic carbocycles. The minimum Gasteiger partial charge on any atom is -0.371 e. The molecule has 3 nitrogen and oxygen atoms in total. The van der Waals surface area contributed by atoms with Crippen molar-refractivity contribution in [2.45, 2.75) is 32.6 Å². The van der Waals surface area contributed by atoms with E-state index in [4.69, 9.17) is 4.99 Å². The van der Waals surface area contributed by atoms with Gasteiger partial charge in [0.15, 0.2) is 5.78 Å². The van der Waals surface area contributed by atoms with Gasteiger partial charge in [-0.3, -0.25) is 9.79 Å². The third kappa shape index (κ3) is 2.42. The fourth-order valence-electron chi connectivity index (χ4n) is 4.42. The summed E-state index contributed by atoms with van der Waals surface area (Å²) in [6, 6.07) is 15.0. The summed E-state index contributed by atoms with van der Waals surface area (Å²) in [7, 11) is 0. The largest absolute Gasteiger partial charge is 0.371 e. The number of hydrogen-bond donors (Lipinski definition) is 0. The molecule has 1 saturated heterocycles. The number of ketones is 1. The van der Waals surface area contributed by atoms with E-state index in [2.05, 4.69) is 47.4 Å². The second kappa shape index (κ2) is 5.94. The first-order chi connectivity index (χ1) is 12.7. The van der Waals surface area contributed by atoms with Gasteiger partial charge >= 0.3 is 0 Å². The molecule has 0 bridgehead atoms. The maximum absolute atomic E-state index is 12.8. The Morgan fingerprint density at radius 1 is 0.923 bits per heavy atom. The van der Waals surface area contributed by atoms with Crippen molar-refractivity contribution in [2.24, 2.45) is 4.99 Å². The molecule has 3 heteroatoms. The highest BCUT2D eigenvalue weighted by Gasteiger charge is 2.25. The van der Waals surface area contributed by atoms with Crippen LogP contribution in [0.15, 0.2) is 47.5 Å². The van der Waals surface area contributed by atoms with E-state index in [9.17, 15) is 4.79 Å². The van der Waals surface area contributed by atoms with Crippen LogP contribution in [0.1, 0.15) is 43.0 Å². The van der Waals surface area contributed by atoms with Gasteiger partial charge in [0.2, 0.25) is 0 Å². The fourth-order valence-corrected chi connectivity index (χ4v) is 4.42. The molecule has 2 aliphatic heterocycles. The van der Waals surface area contributed by atoms with Gasteiger partial charge in [-0.15, -0.1) is 0 Å². The summed E-state index contributed by atoms with van der Waals surface area (Å²) in [4.78, 5) is 20.1. The molecule has 0 saturated carbocycles. The summed E-state index contributed by atoms with van der Waals surface area (Å²) < 4.78 is 0. The Kier molecular flexibility index (Phi) is 3.56. The Morgan fingerprint density at radius 2 is 1.62 bits per heavy atom. The van der Waals surface area contributed by atoms with Crippen LogP contribution in [0, 0.1) is 0 Å². The van der Waals surface area contributed by atoms with Crippen molar-refractivity contribution in [3.8, 4) is 0 Å². The average Bonchev–Trinajstić information content (AvgIpc) is 2.66. The van der Waals surface area contributed by atoms with E-state index in [1.54, 1.807) is 0 Å². The number of carbonyl (C=O) groups is 1. The van der Waals surface area contributed by atoms with Gasteiger partial charge in [-0.1, -0.05) is 24.3 Å². The quantitative estimate of drug-likeness (QED) is 0.534. The normalized spacial score (nSPS) is 17.5. The first-order valence-corrected chi connectivity index (χ1v) is 9.52. The molecule has 3 aromatic carbocycles. The van der Waals surface area contributed by atoms with E-state index in [1.807, 2.05) is 6.92 Å². The molecular formula is C23H22N2O. The van der Waals surface area contributed by atoms with Crippen molar-refractivity contribution in [3.05, 3.63) is 48.0 Å². The maximum Gasteiger partial charge on any atom is 0.171 e. The highest BCUT2D eigenvalue weighted by molar-refractivity contribution is 6.24. The Morgan fingerprint density at radius 3 is 2.35 bits per heavy atom. The van der Waals surface area contributed by atoms with Crippen LogP contribution in [-0.4, -0.2) is 24.6 Å². The predicted octanol–water partition coefficient (Wildman–Crippen LogP) is 5.66. The van der Waals surface area contributed by atoms with Gasteiger partial charge in [0.1, 0.15) is 0 Å². The van der Waals surface area contributed by atoms with Crippen LogP contribution in [0.3, 0.4) is 0 Å². The number of nitrogens with zero attached hydrogens (tertiary/aromatic N) is 2. The number of piperidine rings is 1. The van der Waals surface area contributed by atoms with Gasteiger partial charge in [-0.2, -0.15) is 0 Å². The summed E-state index contributed by atoms with van der Waals surface area (Å²) in [5.41, 5.74) is 3.79. The second-order valence-corrected chi connectivity index (χ2v) is 7.53. The van der Waals surface area contributed by atoms with Gasteiger partial charge in [-0.05, 0) is 60.5 Å². The topological polar surface area (TPSA) is 32.7 Å². The lowest BCUT2D eigenvalue weighted by molar-refractivity contribution is 0.100. The summed E-state index contributed by atoms with van der Waals surface area (Å²) in [5.74, 6) is 0.193. The number of hydrogen-bond acceptors (Lipinski definition) is 3. The van der Waals surface area contributed by atoms with Crippen LogP contribution in [-0.2, 0) is 0 Å².